The number of carbonyl (C=O) groups is 1. The number of likely N-dealkylation sites (tertiary alicyclic amines) is 1. The van der Waals surface area contributed by atoms with Crippen molar-refractivity contribution in [3.05, 3.63) is 35.4 Å². The molecule has 1 aromatic rings. The van der Waals surface area contributed by atoms with E-state index in [0.717, 1.165) is 25.8 Å². The number of carbonyl (C=O) groups excluding carboxylic acids is 1. The number of rotatable bonds is 3. The Labute approximate surface area is 115 Å². The minimum absolute atomic E-state index is 0.154. The standard InChI is InChI=1S/C16H23NO2/c1-13-5-3-6-14(11-13)7-8-15(18)17-10-4-9-16(2,19)12-17/h3,5-6,11,19H,4,7-10,12H2,1-2H3. The number of aliphatic hydroxyl groups is 1. The zero-order valence-corrected chi connectivity index (χ0v) is 11.9. The largest absolute Gasteiger partial charge is 0.388 e. The third-order valence-corrected chi connectivity index (χ3v) is 3.74. The average molecular weight is 261 g/mol. The van der Waals surface area contributed by atoms with Crippen LogP contribution in [0.3, 0.4) is 0 Å². The van der Waals surface area contributed by atoms with Crippen molar-refractivity contribution in [3.63, 3.8) is 0 Å². The number of aryl methyl sites for hydroxylation is 2. The number of β-amino-alcohol motifs (C(OH)–C–C–N with tert-alkyl or cyclic N) is 1. The van der Waals surface area contributed by atoms with E-state index in [9.17, 15) is 9.90 Å². The van der Waals surface area contributed by atoms with E-state index in [4.69, 9.17) is 0 Å². The highest BCUT2D eigenvalue weighted by molar-refractivity contribution is 5.76. The molecule has 1 unspecified atom stereocenters. The van der Waals surface area contributed by atoms with Gasteiger partial charge in [0.15, 0.2) is 0 Å². The predicted octanol–water partition coefficient (Wildman–Crippen LogP) is 2.30. The SMILES string of the molecule is Cc1cccc(CCC(=O)N2CCCC(C)(O)C2)c1. The molecule has 0 bridgehead atoms. The van der Waals surface area contributed by atoms with E-state index >= 15 is 0 Å². The van der Waals surface area contributed by atoms with Crippen molar-refractivity contribution >= 4 is 5.91 Å². The number of amides is 1. The molecule has 0 saturated carbocycles. The first-order valence-corrected chi connectivity index (χ1v) is 7.02. The highest BCUT2D eigenvalue weighted by atomic mass is 16.3. The van der Waals surface area contributed by atoms with E-state index in [-0.39, 0.29) is 5.91 Å². The molecule has 1 N–H and O–H groups in total. The summed E-state index contributed by atoms with van der Waals surface area (Å²) in [6.07, 6.45) is 2.98. The lowest BCUT2D eigenvalue weighted by atomic mass is 9.95. The Morgan fingerprint density at radius 1 is 1.47 bits per heavy atom. The topological polar surface area (TPSA) is 40.5 Å². The minimum Gasteiger partial charge on any atom is -0.388 e. The van der Waals surface area contributed by atoms with E-state index in [2.05, 4.69) is 25.1 Å². The quantitative estimate of drug-likeness (QED) is 0.907. The molecule has 1 aliphatic heterocycles. The third-order valence-electron chi connectivity index (χ3n) is 3.74. The molecule has 19 heavy (non-hydrogen) atoms. The fraction of sp³-hybridized carbons (Fsp3) is 0.562. The minimum atomic E-state index is -0.711. The Bertz CT molecular complexity index is 454. The monoisotopic (exact) mass is 261 g/mol. The molecule has 1 amide bonds. The Morgan fingerprint density at radius 3 is 2.95 bits per heavy atom. The molecule has 0 aromatic heterocycles. The molecular weight excluding hydrogens is 238 g/mol. The van der Waals surface area contributed by atoms with Gasteiger partial charge in [-0.3, -0.25) is 4.79 Å². The van der Waals surface area contributed by atoms with Crippen LogP contribution in [0.1, 0.15) is 37.3 Å². The molecule has 0 spiro atoms. The van der Waals surface area contributed by atoms with Crippen molar-refractivity contribution in [2.24, 2.45) is 0 Å². The number of piperidine rings is 1. The summed E-state index contributed by atoms with van der Waals surface area (Å²) >= 11 is 0. The van der Waals surface area contributed by atoms with Crippen LogP contribution >= 0.6 is 0 Å². The maximum atomic E-state index is 12.2. The van der Waals surface area contributed by atoms with Gasteiger partial charge < -0.3 is 10.0 Å². The Kier molecular flexibility index (Phi) is 4.25. The van der Waals surface area contributed by atoms with Gasteiger partial charge in [-0.15, -0.1) is 0 Å². The zero-order valence-electron chi connectivity index (χ0n) is 11.9. The first-order chi connectivity index (χ1) is 8.96. The van der Waals surface area contributed by atoms with Crippen LogP contribution in [-0.4, -0.2) is 34.6 Å². The van der Waals surface area contributed by atoms with Gasteiger partial charge in [-0.1, -0.05) is 29.8 Å². The summed E-state index contributed by atoms with van der Waals surface area (Å²) in [5.41, 5.74) is 1.72. The van der Waals surface area contributed by atoms with E-state index in [1.165, 1.54) is 11.1 Å². The summed E-state index contributed by atoms with van der Waals surface area (Å²) < 4.78 is 0. The molecule has 1 heterocycles. The fourth-order valence-electron chi connectivity index (χ4n) is 2.71. The maximum Gasteiger partial charge on any atom is 0.222 e. The molecule has 3 heteroatoms. The van der Waals surface area contributed by atoms with Crippen molar-refractivity contribution in [2.75, 3.05) is 13.1 Å². The molecule has 2 rings (SSSR count). The summed E-state index contributed by atoms with van der Waals surface area (Å²) in [4.78, 5) is 14.0. The maximum absolute atomic E-state index is 12.2. The van der Waals surface area contributed by atoms with Crippen molar-refractivity contribution in [1.29, 1.82) is 0 Å². The van der Waals surface area contributed by atoms with Crippen LogP contribution in [0.25, 0.3) is 0 Å². The summed E-state index contributed by atoms with van der Waals surface area (Å²) in [5.74, 6) is 0.154. The van der Waals surface area contributed by atoms with Crippen LogP contribution < -0.4 is 0 Å². The predicted molar refractivity (Wildman–Crippen MR) is 75.9 cm³/mol. The molecular formula is C16H23NO2. The molecule has 1 aromatic carbocycles. The van der Waals surface area contributed by atoms with Gasteiger partial charge in [0, 0.05) is 19.5 Å². The van der Waals surface area contributed by atoms with Crippen molar-refractivity contribution in [1.82, 2.24) is 4.90 Å². The van der Waals surface area contributed by atoms with Gasteiger partial charge in [-0.25, -0.2) is 0 Å². The molecule has 0 aliphatic carbocycles. The first-order valence-electron chi connectivity index (χ1n) is 7.02. The van der Waals surface area contributed by atoms with Gasteiger partial charge in [0.1, 0.15) is 0 Å². The van der Waals surface area contributed by atoms with Crippen LogP contribution in [0.2, 0.25) is 0 Å². The molecule has 3 nitrogen and oxygen atoms in total. The number of nitrogens with zero attached hydrogens (tertiary/aromatic N) is 1. The van der Waals surface area contributed by atoms with Gasteiger partial charge >= 0.3 is 0 Å². The van der Waals surface area contributed by atoms with Gasteiger partial charge in [-0.05, 0) is 38.7 Å². The molecule has 1 aliphatic rings. The van der Waals surface area contributed by atoms with Crippen LogP contribution in [0, 0.1) is 6.92 Å². The normalized spacial score (nSPS) is 23.4. The second-order valence-electron chi connectivity index (χ2n) is 5.90. The Hall–Kier alpha value is -1.35. The second-order valence-corrected chi connectivity index (χ2v) is 5.90. The van der Waals surface area contributed by atoms with Gasteiger partial charge in [0.2, 0.25) is 5.91 Å². The highest BCUT2D eigenvalue weighted by Crippen LogP contribution is 2.21. The van der Waals surface area contributed by atoms with E-state index in [0.29, 0.717) is 13.0 Å². The molecule has 1 fully saturated rings. The second kappa shape index (κ2) is 5.74. The summed E-state index contributed by atoms with van der Waals surface area (Å²) in [7, 11) is 0. The fourth-order valence-corrected chi connectivity index (χ4v) is 2.71. The molecule has 1 saturated heterocycles. The van der Waals surface area contributed by atoms with Gasteiger partial charge in [-0.2, -0.15) is 0 Å². The molecule has 1 atom stereocenters. The van der Waals surface area contributed by atoms with Crippen LogP contribution in [0.5, 0.6) is 0 Å². The Balaban J connectivity index is 1.87. The summed E-state index contributed by atoms with van der Waals surface area (Å²) in [5, 5.41) is 10.0. The zero-order chi connectivity index (χ0) is 13.9. The van der Waals surface area contributed by atoms with E-state index in [1.54, 1.807) is 4.90 Å². The number of hydrogen-bond donors (Lipinski definition) is 1. The summed E-state index contributed by atoms with van der Waals surface area (Å²) in [6, 6.07) is 8.28. The lowest BCUT2D eigenvalue weighted by molar-refractivity contribution is -0.137. The molecule has 0 radical (unpaired) electrons. The lowest BCUT2D eigenvalue weighted by Gasteiger charge is -2.36. The smallest absolute Gasteiger partial charge is 0.222 e. The number of hydrogen-bond acceptors (Lipinski definition) is 2. The number of benzene rings is 1. The van der Waals surface area contributed by atoms with Crippen molar-refractivity contribution < 1.29 is 9.90 Å². The van der Waals surface area contributed by atoms with E-state index < -0.39 is 5.60 Å². The average Bonchev–Trinajstić information content (AvgIpc) is 2.35. The summed E-state index contributed by atoms with van der Waals surface area (Å²) in [6.45, 7) is 5.13. The lowest BCUT2D eigenvalue weighted by Crippen LogP contribution is -2.48. The van der Waals surface area contributed by atoms with Crippen molar-refractivity contribution in [2.45, 2.75) is 45.1 Å². The van der Waals surface area contributed by atoms with Crippen LogP contribution in [0.15, 0.2) is 24.3 Å². The van der Waals surface area contributed by atoms with Crippen LogP contribution in [0.4, 0.5) is 0 Å². The molecule has 104 valence electrons. The van der Waals surface area contributed by atoms with Gasteiger partial charge in [0.05, 0.1) is 5.60 Å². The highest BCUT2D eigenvalue weighted by Gasteiger charge is 2.30. The Morgan fingerprint density at radius 2 is 2.26 bits per heavy atom. The van der Waals surface area contributed by atoms with Crippen molar-refractivity contribution in [3.8, 4) is 0 Å². The van der Waals surface area contributed by atoms with E-state index in [1.807, 2.05) is 13.0 Å². The van der Waals surface area contributed by atoms with Gasteiger partial charge in [0.25, 0.3) is 0 Å². The van der Waals surface area contributed by atoms with Crippen LogP contribution in [-0.2, 0) is 11.2 Å². The third kappa shape index (κ3) is 4.06. The first kappa shape index (κ1) is 14.1.